The van der Waals surface area contributed by atoms with Crippen molar-refractivity contribution in [1.29, 1.82) is 0 Å². The number of carbonyl (C=O) groups excluding carboxylic acids is 3. The molecule has 200 valence electrons. The molecule has 2 atom stereocenters. The van der Waals surface area contributed by atoms with Crippen molar-refractivity contribution >= 4 is 63.0 Å². The highest BCUT2D eigenvalue weighted by Gasteiger charge is 2.52. The van der Waals surface area contributed by atoms with E-state index in [9.17, 15) is 19.5 Å². The number of thioether (sulfide) groups is 2. The Morgan fingerprint density at radius 1 is 1.02 bits per heavy atom. The van der Waals surface area contributed by atoms with Gasteiger partial charge in [-0.25, -0.2) is 0 Å². The molecule has 1 N–H and O–H groups in total. The molecule has 2 aliphatic heterocycles. The highest BCUT2D eigenvalue weighted by molar-refractivity contribution is 8.00. The summed E-state index contributed by atoms with van der Waals surface area (Å²) in [5, 5.41) is 17.7. The number of amides is 2. The summed E-state index contributed by atoms with van der Waals surface area (Å²) in [6.07, 6.45) is 5.61. The normalized spacial score (nSPS) is 18.7. The summed E-state index contributed by atoms with van der Waals surface area (Å²) < 4.78 is 2.07. The average Bonchev–Trinajstić information content (AvgIpc) is 2.98. The first-order chi connectivity index (χ1) is 19.5. The Morgan fingerprint density at radius 3 is 2.60 bits per heavy atom. The highest BCUT2D eigenvalue weighted by atomic mass is 32.2. The summed E-state index contributed by atoms with van der Waals surface area (Å²) in [5.74, 6) is -1.55. The number of para-hydroxylation sites is 1. The maximum Gasteiger partial charge on any atom is 0.253 e. The molecule has 40 heavy (non-hydrogen) atoms. The summed E-state index contributed by atoms with van der Waals surface area (Å²) >= 11 is 2.83. The number of β-lactam (4-membered cyclic amide) rings is 1. The van der Waals surface area contributed by atoms with Crippen LogP contribution in [0.5, 0.6) is 0 Å². The first-order valence-corrected chi connectivity index (χ1v) is 14.9. The number of benzene rings is 3. The predicted octanol–water partition coefficient (Wildman–Crippen LogP) is 3.03. The van der Waals surface area contributed by atoms with Gasteiger partial charge in [-0.1, -0.05) is 48.5 Å². The molecule has 0 spiro atoms. The minimum Gasteiger partial charge on any atom is -0.543 e. The van der Waals surface area contributed by atoms with Gasteiger partial charge >= 0.3 is 0 Å². The molecule has 4 aromatic rings. The lowest BCUT2D eigenvalue weighted by molar-refractivity contribution is -0.661. The summed E-state index contributed by atoms with van der Waals surface area (Å²) in [4.78, 5) is 40.0. The van der Waals surface area contributed by atoms with Gasteiger partial charge in [0.2, 0.25) is 11.4 Å². The number of fused-ring (bicyclic) bond motifs is 3. The van der Waals surface area contributed by atoms with Gasteiger partial charge in [-0.05, 0) is 46.7 Å². The summed E-state index contributed by atoms with van der Waals surface area (Å²) in [7, 11) is 0. The first kappa shape index (κ1) is 26.2. The van der Waals surface area contributed by atoms with Crippen LogP contribution < -0.4 is 15.0 Å². The lowest BCUT2D eigenvalue weighted by Gasteiger charge is -2.50. The zero-order chi connectivity index (χ0) is 27.6. The van der Waals surface area contributed by atoms with Crippen LogP contribution in [-0.4, -0.2) is 45.6 Å². The van der Waals surface area contributed by atoms with Crippen LogP contribution in [0.15, 0.2) is 113 Å². The van der Waals surface area contributed by atoms with E-state index in [1.807, 2.05) is 91.1 Å². The molecular weight excluding hydrogens is 542 g/mol. The van der Waals surface area contributed by atoms with Gasteiger partial charge in [-0.3, -0.25) is 14.5 Å². The van der Waals surface area contributed by atoms with E-state index < -0.39 is 23.3 Å². The standard InChI is InChI=1S/C31H25N3O4S2/c35-26(19-39-24-14-13-20-7-1-2-9-22(20)17-24)32-27-29(36)34-28(31(37)38)23(18-40-30(27)34)11-6-16-33-15-5-10-21-8-3-4-12-25(21)33/h1-15,17,27,30H,16,18-19H2,(H-,32,35,37,38)/b11-6+/t27-,30-/m1/s1. The minimum absolute atomic E-state index is 0.121. The smallest absolute Gasteiger partial charge is 0.253 e. The van der Waals surface area contributed by atoms with Crippen molar-refractivity contribution in [1.82, 2.24) is 10.2 Å². The third kappa shape index (κ3) is 5.10. The van der Waals surface area contributed by atoms with Crippen LogP contribution in [0.1, 0.15) is 0 Å². The van der Waals surface area contributed by atoms with E-state index in [0.29, 0.717) is 17.9 Å². The first-order valence-electron chi connectivity index (χ1n) is 12.8. The van der Waals surface area contributed by atoms with Crippen LogP contribution in [-0.2, 0) is 20.9 Å². The van der Waals surface area contributed by atoms with Crippen molar-refractivity contribution in [3.8, 4) is 0 Å². The molecule has 1 aromatic heterocycles. The number of hydrogen-bond acceptors (Lipinski definition) is 6. The quantitative estimate of drug-likeness (QED) is 0.200. The number of carbonyl (C=O) groups is 3. The molecule has 6 rings (SSSR count). The van der Waals surface area contributed by atoms with Gasteiger partial charge < -0.3 is 15.2 Å². The number of hydrogen-bond donors (Lipinski definition) is 1. The van der Waals surface area contributed by atoms with E-state index in [0.717, 1.165) is 26.6 Å². The highest BCUT2D eigenvalue weighted by Crippen LogP contribution is 2.40. The second-order valence-electron chi connectivity index (χ2n) is 9.54. The molecule has 0 unspecified atom stereocenters. The van der Waals surface area contributed by atoms with Gasteiger partial charge in [0, 0.05) is 28.2 Å². The number of allylic oxidation sites excluding steroid dienone is 2. The zero-order valence-electron chi connectivity index (χ0n) is 21.4. The van der Waals surface area contributed by atoms with Crippen LogP contribution in [0.3, 0.4) is 0 Å². The van der Waals surface area contributed by atoms with Crippen molar-refractivity contribution in [3.63, 3.8) is 0 Å². The van der Waals surface area contributed by atoms with E-state index >= 15 is 0 Å². The molecule has 3 aromatic carbocycles. The number of carboxylic acid groups (broad SMARTS) is 1. The topological polar surface area (TPSA) is 93.4 Å². The maximum atomic E-state index is 13.0. The largest absolute Gasteiger partial charge is 0.543 e. The molecule has 2 aliphatic rings. The predicted molar refractivity (Wildman–Crippen MR) is 155 cm³/mol. The molecule has 0 saturated carbocycles. The van der Waals surface area contributed by atoms with Crippen LogP contribution in [0.25, 0.3) is 21.7 Å². The van der Waals surface area contributed by atoms with Gasteiger partial charge in [-0.15, -0.1) is 23.5 Å². The molecule has 0 radical (unpaired) electrons. The van der Waals surface area contributed by atoms with Crippen LogP contribution in [0.2, 0.25) is 0 Å². The Morgan fingerprint density at radius 2 is 1.77 bits per heavy atom. The molecule has 0 bridgehead atoms. The van der Waals surface area contributed by atoms with E-state index in [-0.39, 0.29) is 17.4 Å². The minimum atomic E-state index is -1.40. The Kier molecular flexibility index (Phi) is 7.32. The molecule has 1 saturated heterocycles. The third-order valence-electron chi connectivity index (χ3n) is 7.01. The van der Waals surface area contributed by atoms with Crippen molar-refractivity contribution in [2.45, 2.75) is 22.9 Å². The van der Waals surface area contributed by atoms with Gasteiger partial charge in [0.25, 0.3) is 5.91 Å². The van der Waals surface area contributed by atoms with Gasteiger partial charge in [0.15, 0.2) is 12.7 Å². The maximum absolute atomic E-state index is 13.0. The Labute approximate surface area is 239 Å². The van der Waals surface area contributed by atoms with Crippen molar-refractivity contribution in [2.75, 3.05) is 11.5 Å². The number of nitrogens with zero attached hydrogens (tertiary/aromatic N) is 2. The summed E-state index contributed by atoms with van der Waals surface area (Å²) in [5.41, 5.74) is 1.47. The van der Waals surface area contributed by atoms with Crippen molar-refractivity contribution < 1.29 is 24.1 Å². The number of aromatic nitrogens is 1. The number of nitrogens with one attached hydrogen (secondary N) is 1. The van der Waals surface area contributed by atoms with Crippen molar-refractivity contribution in [2.24, 2.45) is 0 Å². The molecule has 3 heterocycles. The van der Waals surface area contributed by atoms with Crippen molar-refractivity contribution in [3.05, 3.63) is 108 Å². The molecular formula is C31H25N3O4S2. The Balaban J connectivity index is 1.10. The molecule has 9 heteroatoms. The molecule has 1 fully saturated rings. The second-order valence-corrected chi connectivity index (χ2v) is 11.7. The number of pyridine rings is 1. The lowest BCUT2D eigenvalue weighted by atomic mass is 10.0. The number of rotatable bonds is 8. The molecule has 7 nitrogen and oxygen atoms in total. The van der Waals surface area contributed by atoms with Gasteiger partial charge in [-0.2, -0.15) is 4.57 Å². The zero-order valence-corrected chi connectivity index (χ0v) is 23.0. The van der Waals surface area contributed by atoms with Crippen LogP contribution in [0.4, 0.5) is 0 Å². The van der Waals surface area contributed by atoms with E-state index in [4.69, 9.17) is 0 Å². The fourth-order valence-electron chi connectivity index (χ4n) is 5.07. The Bertz CT molecular complexity index is 1710. The van der Waals surface area contributed by atoms with Crippen LogP contribution >= 0.6 is 23.5 Å². The number of carboxylic acids is 1. The fraction of sp³-hybridized carbons (Fsp3) is 0.161. The molecule has 0 aliphatic carbocycles. The lowest BCUT2D eigenvalue weighted by Crippen LogP contribution is -2.71. The number of aliphatic carboxylic acids is 1. The van der Waals surface area contributed by atoms with Crippen LogP contribution in [0, 0.1) is 0 Å². The summed E-state index contributed by atoms with van der Waals surface area (Å²) in [6, 6.07) is 25.3. The molecule has 2 amide bonds. The average molecular weight is 568 g/mol. The summed E-state index contributed by atoms with van der Waals surface area (Å²) in [6.45, 7) is 0.542. The monoisotopic (exact) mass is 567 g/mol. The second kappa shape index (κ2) is 11.2. The third-order valence-corrected chi connectivity index (χ3v) is 9.30. The van der Waals surface area contributed by atoms with E-state index in [1.165, 1.54) is 28.4 Å². The van der Waals surface area contributed by atoms with E-state index in [2.05, 4.69) is 9.88 Å². The Hall–Kier alpha value is -4.08. The van der Waals surface area contributed by atoms with Gasteiger partial charge in [0.1, 0.15) is 11.4 Å². The fourth-order valence-corrected chi connectivity index (χ4v) is 7.14. The van der Waals surface area contributed by atoms with E-state index in [1.54, 1.807) is 6.08 Å². The SMILES string of the molecule is O=C(CSc1ccc2ccccc2c1)N[C@@H]1C(=O)N2C(C(=O)[O-])=C(/C=C/C[n+]3cccc4ccccc43)CS[C@H]12. The van der Waals surface area contributed by atoms with Gasteiger partial charge in [0.05, 0.1) is 17.4 Å².